The van der Waals surface area contributed by atoms with Gasteiger partial charge in [0, 0.05) is 6.07 Å². The van der Waals surface area contributed by atoms with Gasteiger partial charge in [-0.2, -0.15) is 4.57 Å². The van der Waals surface area contributed by atoms with Crippen LogP contribution in [0, 0.1) is 0 Å². The van der Waals surface area contributed by atoms with E-state index in [4.69, 9.17) is 14.2 Å². The summed E-state index contributed by atoms with van der Waals surface area (Å²) < 4.78 is 17.5. The van der Waals surface area contributed by atoms with Crippen molar-refractivity contribution in [2.24, 2.45) is 0 Å². The lowest BCUT2D eigenvalue weighted by Gasteiger charge is -2.06. The minimum Gasteiger partial charge on any atom is -0.488 e. The van der Waals surface area contributed by atoms with E-state index in [0.717, 1.165) is 0 Å². The van der Waals surface area contributed by atoms with Crippen molar-refractivity contribution in [1.29, 1.82) is 0 Å². The van der Waals surface area contributed by atoms with E-state index in [1.165, 1.54) is 0 Å². The van der Waals surface area contributed by atoms with Crippen LogP contribution < -0.4 is 14.0 Å². The summed E-state index contributed by atoms with van der Waals surface area (Å²) in [6.07, 6.45) is 3.51. The quantitative estimate of drug-likeness (QED) is 0.544. The predicted octanol–water partition coefficient (Wildman–Crippen LogP) is 1.33. The van der Waals surface area contributed by atoms with Crippen LogP contribution in [0.4, 0.5) is 0 Å². The molecule has 0 aliphatic carbocycles. The van der Waals surface area contributed by atoms with Gasteiger partial charge in [0.1, 0.15) is 0 Å². The Morgan fingerprint density at radius 2 is 1.61 bits per heavy atom. The normalized spacial score (nSPS) is 9.94. The van der Waals surface area contributed by atoms with Crippen LogP contribution in [0.25, 0.3) is 0 Å². The largest absolute Gasteiger partial charge is 0.488 e. The molecule has 0 unspecified atom stereocenters. The molecule has 0 spiro atoms. The van der Waals surface area contributed by atoms with Gasteiger partial charge in [-0.1, -0.05) is 0 Å². The number of nitrogens with zero attached hydrogens (tertiary/aromatic N) is 1. The molecule has 0 aliphatic rings. The standard InChI is InChI=1S/C13H20NO4/c1-4-16-11-7-12(17-5-2)9-14(8-11)10-13(15)18-6-3/h7-9H,4-6,10H2,1-3H3/q+1. The molecular weight excluding hydrogens is 234 g/mol. The lowest BCUT2D eigenvalue weighted by molar-refractivity contribution is -0.686. The van der Waals surface area contributed by atoms with Crippen LogP contribution >= 0.6 is 0 Å². The van der Waals surface area contributed by atoms with E-state index in [1.54, 1.807) is 30.0 Å². The molecule has 5 heteroatoms. The molecule has 0 saturated carbocycles. The molecule has 1 rings (SSSR count). The van der Waals surface area contributed by atoms with Crippen LogP contribution in [0.1, 0.15) is 20.8 Å². The summed E-state index contributed by atoms with van der Waals surface area (Å²) in [5.74, 6) is 1.07. The molecule has 100 valence electrons. The van der Waals surface area contributed by atoms with E-state index < -0.39 is 0 Å². The number of rotatable bonds is 7. The lowest BCUT2D eigenvalue weighted by Crippen LogP contribution is -2.38. The minimum absolute atomic E-state index is 0.148. The molecule has 1 aromatic heterocycles. The van der Waals surface area contributed by atoms with Crippen molar-refractivity contribution >= 4 is 5.97 Å². The highest BCUT2D eigenvalue weighted by atomic mass is 16.5. The Morgan fingerprint density at radius 3 is 2.06 bits per heavy atom. The van der Waals surface area contributed by atoms with Gasteiger partial charge in [0.05, 0.1) is 19.8 Å². The monoisotopic (exact) mass is 254 g/mol. The molecule has 18 heavy (non-hydrogen) atoms. The highest BCUT2D eigenvalue weighted by molar-refractivity contribution is 5.67. The van der Waals surface area contributed by atoms with Crippen molar-refractivity contribution in [1.82, 2.24) is 0 Å². The van der Waals surface area contributed by atoms with Gasteiger partial charge in [0.15, 0.2) is 11.5 Å². The second-order valence-corrected chi connectivity index (χ2v) is 3.55. The topological polar surface area (TPSA) is 48.6 Å². The molecule has 5 nitrogen and oxygen atoms in total. The zero-order valence-corrected chi connectivity index (χ0v) is 11.1. The summed E-state index contributed by atoms with van der Waals surface area (Å²) in [5, 5.41) is 0. The molecule has 0 saturated heterocycles. The summed E-state index contributed by atoms with van der Waals surface area (Å²) in [6.45, 7) is 7.25. The Balaban J connectivity index is 2.84. The minimum atomic E-state index is -0.279. The van der Waals surface area contributed by atoms with Gasteiger partial charge in [-0.15, -0.1) is 0 Å². The van der Waals surface area contributed by atoms with Crippen molar-refractivity contribution in [3.63, 3.8) is 0 Å². The van der Waals surface area contributed by atoms with Crippen LogP contribution in [-0.4, -0.2) is 25.8 Å². The first-order valence-electron chi connectivity index (χ1n) is 6.14. The highest BCUT2D eigenvalue weighted by Gasteiger charge is 2.14. The van der Waals surface area contributed by atoms with Crippen molar-refractivity contribution in [2.75, 3.05) is 19.8 Å². The first-order valence-corrected chi connectivity index (χ1v) is 6.14. The van der Waals surface area contributed by atoms with Crippen molar-refractivity contribution in [2.45, 2.75) is 27.3 Å². The third kappa shape index (κ3) is 4.61. The van der Waals surface area contributed by atoms with Gasteiger partial charge in [0.2, 0.25) is 18.9 Å². The first kappa shape index (κ1) is 14.3. The Morgan fingerprint density at radius 1 is 1.06 bits per heavy atom. The summed E-state index contributed by atoms with van der Waals surface area (Å²) in [4.78, 5) is 11.4. The number of esters is 1. The number of pyridine rings is 1. The molecule has 0 aliphatic heterocycles. The van der Waals surface area contributed by atoms with E-state index in [9.17, 15) is 4.79 Å². The maximum absolute atomic E-state index is 11.4. The van der Waals surface area contributed by atoms with Gasteiger partial charge < -0.3 is 14.2 Å². The van der Waals surface area contributed by atoms with Gasteiger partial charge in [-0.3, -0.25) is 0 Å². The zero-order chi connectivity index (χ0) is 13.4. The SMILES string of the molecule is CCOC(=O)C[n+]1cc(OCC)cc(OCC)c1. The lowest BCUT2D eigenvalue weighted by atomic mass is 10.4. The molecule has 0 radical (unpaired) electrons. The van der Waals surface area contributed by atoms with Crippen LogP contribution in [0.15, 0.2) is 18.5 Å². The van der Waals surface area contributed by atoms with Gasteiger partial charge >= 0.3 is 5.97 Å². The molecule has 0 bridgehead atoms. The number of carbonyl (C=O) groups excluding carboxylic acids is 1. The fraction of sp³-hybridized carbons (Fsp3) is 0.538. The van der Waals surface area contributed by atoms with E-state index in [-0.39, 0.29) is 12.5 Å². The van der Waals surface area contributed by atoms with Crippen molar-refractivity contribution in [3.8, 4) is 11.5 Å². The Bertz CT molecular complexity index is 368. The summed E-state index contributed by atoms with van der Waals surface area (Å²) in [7, 11) is 0. The number of carbonyl (C=O) groups is 1. The van der Waals surface area contributed by atoms with E-state index >= 15 is 0 Å². The van der Waals surface area contributed by atoms with Crippen LogP contribution in [0.2, 0.25) is 0 Å². The van der Waals surface area contributed by atoms with E-state index in [2.05, 4.69) is 0 Å². The van der Waals surface area contributed by atoms with Crippen LogP contribution in [-0.2, 0) is 16.1 Å². The molecule has 1 heterocycles. The summed E-state index contributed by atoms with van der Waals surface area (Å²) >= 11 is 0. The third-order valence-electron chi connectivity index (χ3n) is 2.11. The Labute approximate surface area is 107 Å². The first-order chi connectivity index (χ1) is 8.69. The van der Waals surface area contributed by atoms with Crippen molar-refractivity contribution in [3.05, 3.63) is 18.5 Å². The molecule has 0 fully saturated rings. The molecule has 0 aromatic carbocycles. The Hall–Kier alpha value is -1.78. The zero-order valence-electron chi connectivity index (χ0n) is 11.1. The average molecular weight is 254 g/mol. The maximum atomic E-state index is 11.4. The molecule has 1 aromatic rings. The molecular formula is C13H20NO4+. The Kier molecular flexibility index (Phi) is 5.97. The second-order valence-electron chi connectivity index (χ2n) is 3.55. The fourth-order valence-corrected chi connectivity index (χ4v) is 1.52. The van der Waals surface area contributed by atoms with Gasteiger partial charge in [0.25, 0.3) is 0 Å². The summed E-state index contributed by atoms with van der Waals surface area (Å²) in [6, 6.07) is 1.80. The maximum Gasteiger partial charge on any atom is 0.372 e. The average Bonchev–Trinajstić information content (AvgIpc) is 2.29. The molecule has 0 amide bonds. The van der Waals surface area contributed by atoms with Crippen LogP contribution in [0.3, 0.4) is 0 Å². The third-order valence-corrected chi connectivity index (χ3v) is 2.11. The van der Waals surface area contributed by atoms with Crippen LogP contribution in [0.5, 0.6) is 11.5 Å². The fourth-order valence-electron chi connectivity index (χ4n) is 1.52. The predicted molar refractivity (Wildman–Crippen MR) is 65.6 cm³/mol. The smallest absolute Gasteiger partial charge is 0.372 e. The van der Waals surface area contributed by atoms with Gasteiger partial charge in [-0.05, 0) is 20.8 Å². The number of hydrogen-bond acceptors (Lipinski definition) is 4. The van der Waals surface area contributed by atoms with E-state index in [1.807, 2.05) is 13.8 Å². The van der Waals surface area contributed by atoms with Gasteiger partial charge in [-0.25, -0.2) is 4.79 Å². The number of aromatic nitrogens is 1. The van der Waals surface area contributed by atoms with Crippen molar-refractivity contribution < 1.29 is 23.6 Å². The summed E-state index contributed by atoms with van der Waals surface area (Å²) in [5.41, 5.74) is 0. The number of ether oxygens (including phenoxy) is 3. The van der Waals surface area contributed by atoms with E-state index in [0.29, 0.717) is 31.3 Å². The molecule has 0 N–H and O–H groups in total. The highest BCUT2D eigenvalue weighted by Crippen LogP contribution is 2.16. The number of hydrogen-bond donors (Lipinski definition) is 0. The molecule has 0 atom stereocenters. The second kappa shape index (κ2) is 7.53.